The first-order valence-corrected chi connectivity index (χ1v) is 5.48. The maximum atomic E-state index is 5.27. The van der Waals surface area contributed by atoms with Crippen LogP contribution in [0.1, 0.15) is 0 Å². The summed E-state index contributed by atoms with van der Waals surface area (Å²) in [6.45, 7) is 7.86. The van der Waals surface area contributed by atoms with Gasteiger partial charge < -0.3 is 22.1 Å². The normalized spacial score (nSPS) is 20.0. The highest BCUT2D eigenvalue weighted by atomic mass is 15.2. The highest BCUT2D eigenvalue weighted by Crippen LogP contribution is 1.88. The summed E-state index contributed by atoms with van der Waals surface area (Å²) in [6.07, 6.45) is 0. The van der Waals surface area contributed by atoms with E-state index < -0.39 is 0 Å². The SMILES string of the molecule is NC(N)=NCCN1CCNCCNCC1. The fourth-order valence-corrected chi connectivity index (χ4v) is 1.56. The molecule has 0 amide bonds. The van der Waals surface area contributed by atoms with Crippen molar-refractivity contribution in [1.82, 2.24) is 15.5 Å². The largest absolute Gasteiger partial charge is 0.370 e. The van der Waals surface area contributed by atoms with Gasteiger partial charge in [0.1, 0.15) is 0 Å². The first-order chi connectivity index (χ1) is 7.29. The van der Waals surface area contributed by atoms with Crippen molar-refractivity contribution in [1.29, 1.82) is 0 Å². The smallest absolute Gasteiger partial charge is 0.185 e. The lowest BCUT2D eigenvalue weighted by atomic mass is 10.4. The number of hydrogen-bond donors (Lipinski definition) is 4. The number of hydrogen-bond acceptors (Lipinski definition) is 4. The minimum atomic E-state index is 0.176. The first-order valence-electron chi connectivity index (χ1n) is 5.48. The molecule has 0 radical (unpaired) electrons. The molecule has 1 aliphatic rings. The molecule has 88 valence electrons. The molecule has 6 N–H and O–H groups in total. The van der Waals surface area contributed by atoms with E-state index in [1.54, 1.807) is 0 Å². The molecule has 15 heavy (non-hydrogen) atoms. The Balaban J connectivity index is 2.21. The van der Waals surface area contributed by atoms with E-state index in [1.165, 1.54) is 0 Å². The number of nitrogens with two attached hydrogens (primary N) is 2. The van der Waals surface area contributed by atoms with Crippen molar-refractivity contribution in [3.63, 3.8) is 0 Å². The van der Waals surface area contributed by atoms with Gasteiger partial charge in [-0.2, -0.15) is 0 Å². The van der Waals surface area contributed by atoms with Crippen molar-refractivity contribution in [2.24, 2.45) is 16.5 Å². The standard InChI is InChI=1S/C9H22N6/c10-9(11)14-5-8-15-6-3-12-1-2-13-4-7-15/h12-13H,1-8H2,(H4,10,11,14). The minimum absolute atomic E-state index is 0.176. The van der Waals surface area contributed by atoms with E-state index in [4.69, 9.17) is 11.5 Å². The highest BCUT2D eigenvalue weighted by Gasteiger charge is 2.05. The van der Waals surface area contributed by atoms with Crippen molar-refractivity contribution < 1.29 is 0 Å². The third kappa shape index (κ3) is 6.27. The van der Waals surface area contributed by atoms with Gasteiger partial charge in [-0.3, -0.25) is 9.89 Å². The molecule has 0 bridgehead atoms. The second-order valence-electron chi connectivity index (χ2n) is 3.65. The maximum absolute atomic E-state index is 5.27. The summed E-state index contributed by atoms with van der Waals surface area (Å²) in [5, 5.41) is 6.73. The summed E-state index contributed by atoms with van der Waals surface area (Å²) in [5.41, 5.74) is 10.5. The van der Waals surface area contributed by atoms with Crippen LogP contribution in [0.15, 0.2) is 4.99 Å². The van der Waals surface area contributed by atoms with Crippen molar-refractivity contribution in [3.8, 4) is 0 Å². The topological polar surface area (TPSA) is 91.7 Å². The van der Waals surface area contributed by atoms with Gasteiger partial charge in [0.15, 0.2) is 5.96 Å². The Morgan fingerprint density at radius 3 is 2.20 bits per heavy atom. The Bertz CT molecular complexity index is 179. The van der Waals surface area contributed by atoms with Crippen molar-refractivity contribution >= 4 is 5.96 Å². The molecule has 6 heteroatoms. The zero-order valence-corrected chi connectivity index (χ0v) is 9.21. The molecular formula is C9H22N6. The predicted octanol–water partition coefficient (Wildman–Crippen LogP) is -2.25. The zero-order valence-electron chi connectivity index (χ0n) is 9.21. The van der Waals surface area contributed by atoms with Crippen LogP contribution in [0.5, 0.6) is 0 Å². The Kier molecular flexibility index (Phi) is 6.06. The molecule has 0 aromatic heterocycles. The summed E-state index contributed by atoms with van der Waals surface area (Å²) < 4.78 is 0. The first kappa shape index (κ1) is 12.2. The molecule has 1 saturated heterocycles. The van der Waals surface area contributed by atoms with Gasteiger partial charge in [-0.05, 0) is 0 Å². The van der Waals surface area contributed by atoms with E-state index >= 15 is 0 Å². The molecule has 1 aliphatic heterocycles. The van der Waals surface area contributed by atoms with Gasteiger partial charge in [-0.15, -0.1) is 0 Å². The third-order valence-corrected chi connectivity index (χ3v) is 2.40. The quantitative estimate of drug-likeness (QED) is 0.315. The third-order valence-electron chi connectivity index (χ3n) is 2.40. The fraction of sp³-hybridized carbons (Fsp3) is 0.889. The van der Waals surface area contributed by atoms with Crippen molar-refractivity contribution in [3.05, 3.63) is 0 Å². The molecule has 0 aromatic rings. The molecule has 0 atom stereocenters. The summed E-state index contributed by atoms with van der Waals surface area (Å²) in [5.74, 6) is 0.176. The van der Waals surface area contributed by atoms with E-state index in [0.717, 1.165) is 45.8 Å². The zero-order chi connectivity index (χ0) is 10.9. The van der Waals surface area contributed by atoms with Crippen molar-refractivity contribution in [2.75, 3.05) is 52.4 Å². The second kappa shape index (κ2) is 7.44. The van der Waals surface area contributed by atoms with Crippen LogP contribution in [0.3, 0.4) is 0 Å². The lowest BCUT2D eigenvalue weighted by Gasteiger charge is -2.20. The van der Waals surface area contributed by atoms with Gasteiger partial charge >= 0.3 is 0 Å². The molecule has 0 aromatic carbocycles. The van der Waals surface area contributed by atoms with Crippen molar-refractivity contribution in [2.45, 2.75) is 0 Å². The maximum Gasteiger partial charge on any atom is 0.185 e. The van der Waals surface area contributed by atoms with Crippen LogP contribution in [-0.4, -0.2) is 63.2 Å². The average molecular weight is 214 g/mol. The van der Waals surface area contributed by atoms with E-state index in [2.05, 4.69) is 20.5 Å². The van der Waals surface area contributed by atoms with Gasteiger partial charge in [0.2, 0.25) is 0 Å². The number of aliphatic imine (C=N–C) groups is 1. The predicted molar refractivity (Wildman–Crippen MR) is 62.9 cm³/mol. The van der Waals surface area contributed by atoms with E-state index in [9.17, 15) is 0 Å². The highest BCUT2D eigenvalue weighted by molar-refractivity contribution is 5.75. The van der Waals surface area contributed by atoms with Gasteiger partial charge in [0.25, 0.3) is 0 Å². The van der Waals surface area contributed by atoms with E-state index in [-0.39, 0.29) is 5.96 Å². The van der Waals surface area contributed by atoms with E-state index in [1.807, 2.05) is 0 Å². The summed E-state index contributed by atoms with van der Waals surface area (Å²) >= 11 is 0. The van der Waals surface area contributed by atoms with Crippen LogP contribution in [0.25, 0.3) is 0 Å². The van der Waals surface area contributed by atoms with Gasteiger partial charge in [-0.1, -0.05) is 0 Å². The molecule has 1 fully saturated rings. The number of nitrogens with one attached hydrogen (secondary N) is 2. The fourth-order valence-electron chi connectivity index (χ4n) is 1.56. The molecule has 0 spiro atoms. The van der Waals surface area contributed by atoms with Crippen LogP contribution >= 0.6 is 0 Å². The Labute approximate surface area is 91.1 Å². The van der Waals surface area contributed by atoms with Gasteiger partial charge in [0.05, 0.1) is 6.54 Å². The number of guanidine groups is 1. The number of nitrogens with zero attached hydrogens (tertiary/aromatic N) is 2. The van der Waals surface area contributed by atoms with Crippen LogP contribution in [0.2, 0.25) is 0 Å². The van der Waals surface area contributed by atoms with Crippen LogP contribution in [-0.2, 0) is 0 Å². The summed E-state index contributed by atoms with van der Waals surface area (Å²) in [4.78, 5) is 6.34. The average Bonchev–Trinajstić information content (AvgIpc) is 2.31. The van der Waals surface area contributed by atoms with Gasteiger partial charge in [0, 0.05) is 45.8 Å². The molecule has 0 unspecified atom stereocenters. The van der Waals surface area contributed by atoms with Gasteiger partial charge in [-0.25, -0.2) is 0 Å². The molecular weight excluding hydrogens is 192 g/mol. The molecule has 6 nitrogen and oxygen atoms in total. The number of rotatable bonds is 3. The summed E-state index contributed by atoms with van der Waals surface area (Å²) in [6, 6.07) is 0. The van der Waals surface area contributed by atoms with Crippen LogP contribution in [0, 0.1) is 0 Å². The lowest BCUT2D eigenvalue weighted by molar-refractivity contribution is 0.288. The lowest BCUT2D eigenvalue weighted by Crippen LogP contribution is -2.36. The van der Waals surface area contributed by atoms with Crippen LogP contribution < -0.4 is 22.1 Å². The molecule has 0 aliphatic carbocycles. The Hall–Kier alpha value is -0.850. The summed E-state index contributed by atoms with van der Waals surface area (Å²) in [7, 11) is 0. The molecule has 0 saturated carbocycles. The molecule has 1 rings (SSSR count). The molecule has 1 heterocycles. The Morgan fingerprint density at radius 2 is 1.67 bits per heavy atom. The minimum Gasteiger partial charge on any atom is -0.370 e. The monoisotopic (exact) mass is 214 g/mol. The van der Waals surface area contributed by atoms with Crippen LogP contribution in [0.4, 0.5) is 0 Å². The second-order valence-corrected chi connectivity index (χ2v) is 3.65. The van der Waals surface area contributed by atoms with E-state index in [0.29, 0.717) is 6.54 Å². The Morgan fingerprint density at radius 1 is 1.07 bits per heavy atom.